The number of ether oxygens (including phenoxy) is 1. The van der Waals surface area contributed by atoms with E-state index in [1.54, 1.807) is 37.5 Å². The lowest BCUT2D eigenvalue weighted by atomic mass is 10.2. The second kappa shape index (κ2) is 4.91. The Balaban J connectivity index is 2.24. The molecular weight excluding hydrogens is 232 g/mol. The molecule has 0 bridgehead atoms. The number of anilines is 1. The van der Waals surface area contributed by atoms with Gasteiger partial charge in [0, 0.05) is 0 Å². The second-order valence-corrected chi connectivity index (χ2v) is 3.90. The summed E-state index contributed by atoms with van der Waals surface area (Å²) in [6.07, 6.45) is 2.04. The van der Waals surface area contributed by atoms with Crippen LogP contribution in [0.25, 0.3) is 0 Å². The van der Waals surface area contributed by atoms with Gasteiger partial charge in [0.2, 0.25) is 0 Å². The molecule has 3 amide bonds. The van der Waals surface area contributed by atoms with E-state index in [2.05, 4.69) is 11.9 Å². The maximum atomic E-state index is 12.0. The standard InChI is InChI=1S/C13H14N2O3/c1-3-4-11-12(16)15(13(17)14-11)9-5-7-10(18-2)8-6-9/h3,5-8,11H,1,4H2,2H3,(H,14,17). The van der Waals surface area contributed by atoms with Crippen molar-refractivity contribution in [1.29, 1.82) is 0 Å². The first-order valence-electron chi connectivity index (χ1n) is 5.56. The molecule has 5 nitrogen and oxygen atoms in total. The first kappa shape index (κ1) is 12.2. The minimum absolute atomic E-state index is 0.259. The predicted octanol–water partition coefficient (Wildman–Crippen LogP) is 1.70. The van der Waals surface area contributed by atoms with Gasteiger partial charge >= 0.3 is 6.03 Å². The van der Waals surface area contributed by atoms with Crippen molar-refractivity contribution in [2.75, 3.05) is 12.0 Å². The fourth-order valence-corrected chi connectivity index (χ4v) is 1.83. The Hall–Kier alpha value is -2.30. The molecule has 1 aromatic carbocycles. The molecule has 1 fully saturated rings. The summed E-state index contributed by atoms with van der Waals surface area (Å²) in [4.78, 5) is 24.9. The minimum atomic E-state index is -0.517. The summed E-state index contributed by atoms with van der Waals surface area (Å²) in [7, 11) is 1.56. The molecule has 2 rings (SSSR count). The van der Waals surface area contributed by atoms with Gasteiger partial charge in [0.15, 0.2) is 0 Å². The van der Waals surface area contributed by atoms with Crippen molar-refractivity contribution in [2.24, 2.45) is 0 Å². The molecule has 1 unspecified atom stereocenters. The molecule has 1 atom stereocenters. The average Bonchev–Trinajstić information content (AvgIpc) is 2.65. The monoisotopic (exact) mass is 246 g/mol. The molecule has 0 radical (unpaired) electrons. The van der Waals surface area contributed by atoms with Gasteiger partial charge < -0.3 is 10.1 Å². The lowest BCUT2D eigenvalue weighted by Crippen LogP contribution is -2.31. The van der Waals surface area contributed by atoms with Gasteiger partial charge in [-0.15, -0.1) is 6.58 Å². The van der Waals surface area contributed by atoms with Crippen molar-refractivity contribution >= 4 is 17.6 Å². The predicted molar refractivity (Wildman–Crippen MR) is 67.6 cm³/mol. The maximum Gasteiger partial charge on any atom is 0.329 e. The third-order valence-electron chi connectivity index (χ3n) is 2.75. The van der Waals surface area contributed by atoms with E-state index in [1.807, 2.05) is 0 Å². The number of benzene rings is 1. The van der Waals surface area contributed by atoms with Gasteiger partial charge in [-0.05, 0) is 30.7 Å². The lowest BCUT2D eigenvalue weighted by Gasteiger charge is -2.13. The Morgan fingerprint density at radius 1 is 1.39 bits per heavy atom. The van der Waals surface area contributed by atoms with Crippen molar-refractivity contribution in [3.63, 3.8) is 0 Å². The first-order chi connectivity index (χ1) is 8.67. The van der Waals surface area contributed by atoms with Gasteiger partial charge in [-0.3, -0.25) is 4.79 Å². The molecule has 18 heavy (non-hydrogen) atoms. The van der Waals surface area contributed by atoms with Crippen LogP contribution in [-0.2, 0) is 4.79 Å². The molecule has 0 aliphatic carbocycles. The van der Waals surface area contributed by atoms with Crippen LogP contribution in [0.5, 0.6) is 5.75 Å². The van der Waals surface area contributed by atoms with E-state index in [9.17, 15) is 9.59 Å². The Kier molecular flexibility index (Phi) is 3.32. The van der Waals surface area contributed by atoms with Crippen LogP contribution < -0.4 is 15.0 Å². The number of nitrogens with zero attached hydrogens (tertiary/aromatic N) is 1. The third-order valence-corrected chi connectivity index (χ3v) is 2.75. The van der Waals surface area contributed by atoms with Crippen molar-refractivity contribution < 1.29 is 14.3 Å². The van der Waals surface area contributed by atoms with E-state index in [-0.39, 0.29) is 5.91 Å². The number of rotatable bonds is 4. The molecule has 0 spiro atoms. The number of methoxy groups -OCH3 is 1. The fraction of sp³-hybridized carbons (Fsp3) is 0.231. The van der Waals surface area contributed by atoms with Crippen LogP contribution in [0.4, 0.5) is 10.5 Å². The molecule has 1 heterocycles. The van der Waals surface area contributed by atoms with E-state index in [0.717, 1.165) is 4.90 Å². The zero-order valence-corrected chi connectivity index (χ0v) is 10.1. The largest absolute Gasteiger partial charge is 0.497 e. The molecule has 1 saturated heterocycles. The quantitative estimate of drug-likeness (QED) is 0.649. The average molecular weight is 246 g/mol. The summed E-state index contributed by atoms with van der Waals surface area (Å²) in [6.45, 7) is 3.57. The Bertz CT molecular complexity index is 482. The van der Waals surface area contributed by atoms with Crippen LogP contribution in [0.15, 0.2) is 36.9 Å². The van der Waals surface area contributed by atoms with Crippen molar-refractivity contribution in [3.8, 4) is 5.75 Å². The van der Waals surface area contributed by atoms with Crippen LogP contribution in [0.3, 0.4) is 0 Å². The molecule has 5 heteroatoms. The molecular formula is C13H14N2O3. The molecule has 1 aromatic rings. The second-order valence-electron chi connectivity index (χ2n) is 3.90. The Labute approximate surface area is 105 Å². The third kappa shape index (κ3) is 2.07. The highest BCUT2D eigenvalue weighted by atomic mass is 16.5. The molecule has 1 aliphatic heterocycles. The van der Waals surface area contributed by atoms with Crippen LogP contribution in [0.2, 0.25) is 0 Å². The van der Waals surface area contributed by atoms with Crippen molar-refractivity contribution in [1.82, 2.24) is 5.32 Å². The molecule has 0 aromatic heterocycles. The van der Waals surface area contributed by atoms with Crippen LogP contribution in [0.1, 0.15) is 6.42 Å². The SMILES string of the molecule is C=CCC1NC(=O)N(c2ccc(OC)cc2)C1=O. The van der Waals surface area contributed by atoms with Gasteiger partial charge in [-0.1, -0.05) is 6.08 Å². The Morgan fingerprint density at radius 3 is 2.61 bits per heavy atom. The smallest absolute Gasteiger partial charge is 0.329 e. The zero-order valence-electron chi connectivity index (χ0n) is 10.1. The van der Waals surface area contributed by atoms with Gasteiger partial charge in [0.05, 0.1) is 12.8 Å². The van der Waals surface area contributed by atoms with Crippen molar-refractivity contribution in [2.45, 2.75) is 12.5 Å². The summed E-state index contributed by atoms with van der Waals surface area (Å²) >= 11 is 0. The summed E-state index contributed by atoms with van der Waals surface area (Å²) < 4.78 is 5.03. The maximum absolute atomic E-state index is 12.0. The van der Waals surface area contributed by atoms with E-state index >= 15 is 0 Å². The van der Waals surface area contributed by atoms with Gasteiger partial charge in [0.25, 0.3) is 5.91 Å². The minimum Gasteiger partial charge on any atom is -0.497 e. The topological polar surface area (TPSA) is 58.6 Å². The number of carbonyl (C=O) groups excluding carboxylic acids is 2. The number of carbonyl (C=O) groups is 2. The lowest BCUT2D eigenvalue weighted by molar-refractivity contribution is -0.118. The number of hydrogen-bond donors (Lipinski definition) is 1. The number of hydrogen-bond acceptors (Lipinski definition) is 3. The highest BCUT2D eigenvalue weighted by Crippen LogP contribution is 2.23. The molecule has 1 aliphatic rings. The summed E-state index contributed by atoms with van der Waals surface area (Å²) in [6, 6.07) is 5.83. The molecule has 94 valence electrons. The van der Waals surface area contributed by atoms with Crippen molar-refractivity contribution in [3.05, 3.63) is 36.9 Å². The fourth-order valence-electron chi connectivity index (χ4n) is 1.83. The van der Waals surface area contributed by atoms with Crippen LogP contribution in [-0.4, -0.2) is 25.1 Å². The highest BCUT2D eigenvalue weighted by Gasteiger charge is 2.38. The van der Waals surface area contributed by atoms with Gasteiger partial charge in [-0.25, -0.2) is 9.69 Å². The van der Waals surface area contributed by atoms with Gasteiger partial charge in [0.1, 0.15) is 11.8 Å². The van der Waals surface area contributed by atoms with E-state index in [4.69, 9.17) is 4.74 Å². The van der Waals surface area contributed by atoms with Crippen LogP contribution >= 0.6 is 0 Å². The molecule has 1 N–H and O–H groups in total. The number of imide groups is 1. The van der Waals surface area contributed by atoms with E-state index in [1.165, 1.54) is 0 Å². The van der Waals surface area contributed by atoms with Gasteiger partial charge in [-0.2, -0.15) is 0 Å². The van der Waals surface area contributed by atoms with E-state index < -0.39 is 12.1 Å². The van der Waals surface area contributed by atoms with Crippen LogP contribution in [0, 0.1) is 0 Å². The van der Waals surface area contributed by atoms with E-state index in [0.29, 0.717) is 17.9 Å². The number of amides is 3. The number of nitrogens with one attached hydrogen (secondary N) is 1. The zero-order chi connectivity index (χ0) is 13.1. The number of urea groups is 1. The Morgan fingerprint density at radius 2 is 2.06 bits per heavy atom. The summed E-state index contributed by atoms with van der Waals surface area (Å²) in [5.41, 5.74) is 0.532. The normalized spacial score (nSPS) is 18.7. The first-order valence-corrected chi connectivity index (χ1v) is 5.56. The summed E-state index contributed by atoms with van der Waals surface area (Å²) in [5, 5.41) is 2.62. The summed E-state index contributed by atoms with van der Waals surface area (Å²) in [5.74, 6) is 0.415. The highest BCUT2D eigenvalue weighted by molar-refractivity contribution is 6.21. The molecule has 0 saturated carbocycles.